The first-order valence-corrected chi connectivity index (χ1v) is 10.6. The summed E-state index contributed by atoms with van der Waals surface area (Å²) in [4.78, 5) is 4.44. The highest BCUT2D eigenvalue weighted by molar-refractivity contribution is 7.16. The quantitative estimate of drug-likeness (QED) is 0.428. The molecular weight excluding hydrogens is 352 g/mol. The summed E-state index contributed by atoms with van der Waals surface area (Å²) in [7, 11) is 0. The van der Waals surface area contributed by atoms with Crippen LogP contribution in [0.3, 0.4) is 0 Å². The molecule has 2 aromatic carbocycles. The van der Waals surface area contributed by atoms with E-state index < -0.39 is 0 Å². The third-order valence-electron chi connectivity index (χ3n) is 7.19. The minimum Gasteiger partial charge on any atom is -0.398 e. The second-order valence-electron chi connectivity index (χ2n) is 8.31. The van der Waals surface area contributed by atoms with Crippen molar-refractivity contribution in [2.75, 3.05) is 11.1 Å². The molecule has 0 saturated heterocycles. The Balaban J connectivity index is 1.54. The van der Waals surface area contributed by atoms with E-state index in [1.165, 1.54) is 47.0 Å². The molecule has 2 bridgehead atoms. The first kappa shape index (κ1) is 15.6. The number of hydrogen-bond acceptors (Lipinski definition) is 5. The molecule has 2 saturated carbocycles. The zero-order valence-corrected chi connectivity index (χ0v) is 15.8. The largest absolute Gasteiger partial charge is 0.398 e. The Morgan fingerprint density at radius 3 is 2.96 bits per heavy atom. The van der Waals surface area contributed by atoms with Gasteiger partial charge >= 0.3 is 0 Å². The second kappa shape index (κ2) is 5.55. The van der Waals surface area contributed by atoms with Gasteiger partial charge in [-0.25, -0.2) is 4.98 Å². The summed E-state index contributed by atoms with van der Waals surface area (Å²) in [5.41, 5.74) is 14.8. The van der Waals surface area contributed by atoms with Gasteiger partial charge in [-0.3, -0.25) is 0 Å². The van der Waals surface area contributed by atoms with Crippen molar-refractivity contribution < 1.29 is 0 Å². The normalized spacial score (nSPS) is 30.7. The topological polar surface area (TPSA) is 74.8 Å². The summed E-state index contributed by atoms with van der Waals surface area (Å²) in [6, 6.07) is 11.1. The van der Waals surface area contributed by atoms with Crippen LogP contribution in [0.1, 0.15) is 47.9 Å². The molecule has 6 rings (SSSR count). The van der Waals surface area contributed by atoms with E-state index in [9.17, 15) is 0 Å². The van der Waals surface area contributed by atoms with Crippen LogP contribution >= 0.6 is 11.3 Å². The molecule has 2 heterocycles. The average Bonchev–Trinajstić information content (AvgIpc) is 3.42. The standard InChI is InChI=1S/C22H22N4S/c23-9-14-15(24)4-6-17-21(14)19-11-1-2-12(7-11)20(19)22(26-17)13-3-5-16-18(8-13)27-10-25-16/h3-6,8-12,19-20,22-23,26H,1-2,7,24H2/t11?,12?,19?,20-,22+/m1/s1. The van der Waals surface area contributed by atoms with Crippen LogP contribution in [0.4, 0.5) is 11.4 Å². The van der Waals surface area contributed by atoms with Crippen LogP contribution in [0, 0.1) is 23.2 Å². The molecule has 5 atom stereocenters. The van der Waals surface area contributed by atoms with Crippen LogP contribution in [0.2, 0.25) is 0 Å². The third kappa shape index (κ3) is 2.09. The zero-order valence-electron chi connectivity index (χ0n) is 15.0. The number of rotatable bonds is 2. The van der Waals surface area contributed by atoms with Crippen molar-refractivity contribution in [3.05, 3.63) is 52.5 Å². The van der Waals surface area contributed by atoms with Gasteiger partial charge in [0.2, 0.25) is 0 Å². The van der Waals surface area contributed by atoms with E-state index >= 15 is 0 Å². The van der Waals surface area contributed by atoms with Crippen LogP contribution < -0.4 is 11.1 Å². The SMILES string of the molecule is N=Cc1c(N)ccc2c1C1C3CCC(C3)[C@H]1[C@H](c1ccc3ncsc3c1)N2. The molecule has 2 aliphatic carbocycles. The minimum absolute atomic E-state index is 0.325. The number of aromatic nitrogens is 1. The molecule has 3 aliphatic rings. The lowest BCUT2D eigenvalue weighted by Gasteiger charge is -2.44. The fourth-order valence-electron chi connectivity index (χ4n) is 6.18. The number of thiazole rings is 1. The average molecular weight is 375 g/mol. The molecule has 27 heavy (non-hydrogen) atoms. The van der Waals surface area contributed by atoms with E-state index in [0.717, 1.165) is 28.6 Å². The van der Waals surface area contributed by atoms with Crippen molar-refractivity contribution in [2.24, 2.45) is 17.8 Å². The maximum Gasteiger partial charge on any atom is 0.0812 e. The molecule has 4 N–H and O–H groups in total. The van der Waals surface area contributed by atoms with E-state index in [2.05, 4.69) is 34.6 Å². The van der Waals surface area contributed by atoms with Crippen molar-refractivity contribution in [1.29, 1.82) is 5.41 Å². The molecule has 3 aromatic rings. The van der Waals surface area contributed by atoms with Crippen molar-refractivity contribution >= 4 is 39.1 Å². The maximum absolute atomic E-state index is 7.96. The lowest BCUT2D eigenvalue weighted by Crippen LogP contribution is -2.36. The van der Waals surface area contributed by atoms with Crippen molar-refractivity contribution in [3.63, 3.8) is 0 Å². The van der Waals surface area contributed by atoms with Gasteiger partial charge < -0.3 is 16.5 Å². The van der Waals surface area contributed by atoms with Crippen LogP contribution in [0.25, 0.3) is 10.2 Å². The van der Waals surface area contributed by atoms with Gasteiger partial charge in [-0.15, -0.1) is 11.3 Å². The van der Waals surface area contributed by atoms with Crippen molar-refractivity contribution in [3.8, 4) is 0 Å². The summed E-state index contributed by atoms with van der Waals surface area (Å²) in [6.45, 7) is 0. The number of anilines is 2. The molecule has 1 aromatic heterocycles. The first-order chi connectivity index (χ1) is 13.2. The highest BCUT2D eigenvalue weighted by Gasteiger charge is 2.54. The summed E-state index contributed by atoms with van der Waals surface area (Å²) in [5.74, 6) is 2.60. The van der Waals surface area contributed by atoms with Crippen LogP contribution in [0.15, 0.2) is 35.8 Å². The molecule has 5 heteroatoms. The minimum atomic E-state index is 0.325. The number of nitrogens with one attached hydrogen (secondary N) is 2. The van der Waals surface area contributed by atoms with Gasteiger partial charge in [-0.05, 0) is 78.3 Å². The molecule has 0 amide bonds. The van der Waals surface area contributed by atoms with E-state index in [4.69, 9.17) is 11.1 Å². The van der Waals surface area contributed by atoms with E-state index in [-0.39, 0.29) is 0 Å². The van der Waals surface area contributed by atoms with Crippen molar-refractivity contribution in [1.82, 2.24) is 4.98 Å². The van der Waals surface area contributed by atoms with Crippen LogP contribution in [-0.2, 0) is 0 Å². The fourth-order valence-corrected chi connectivity index (χ4v) is 6.90. The Bertz CT molecular complexity index is 1070. The number of benzene rings is 2. The lowest BCUT2D eigenvalue weighted by atomic mass is 9.67. The number of nitrogen functional groups attached to an aromatic ring is 1. The molecule has 136 valence electrons. The Labute approximate surface area is 162 Å². The second-order valence-corrected chi connectivity index (χ2v) is 9.20. The molecule has 3 unspecified atom stereocenters. The fraction of sp³-hybridized carbons (Fsp3) is 0.364. The zero-order chi connectivity index (χ0) is 18.1. The highest BCUT2D eigenvalue weighted by Crippen LogP contribution is 2.64. The van der Waals surface area contributed by atoms with Gasteiger partial charge in [-0.1, -0.05) is 6.07 Å². The predicted molar refractivity (Wildman–Crippen MR) is 112 cm³/mol. The number of hydrogen-bond donors (Lipinski definition) is 3. The monoisotopic (exact) mass is 374 g/mol. The number of fused-ring (bicyclic) bond motifs is 8. The molecular formula is C22H22N4S. The first-order valence-electron chi connectivity index (χ1n) is 9.77. The van der Waals surface area contributed by atoms with Gasteiger partial charge in [0.15, 0.2) is 0 Å². The molecule has 4 nitrogen and oxygen atoms in total. The van der Waals surface area contributed by atoms with E-state index in [1.54, 1.807) is 11.3 Å². The number of nitrogens with zero attached hydrogens (tertiary/aromatic N) is 1. The summed E-state index contributed by atoms with van der Waals surface area (Å²) < 4.78 is 1.26. The van der Waals surface area contributed by atoms with Crippen molar-refractivity contribution in [2.45, 2.75) is 31.2 Å². The highest BCUT2D eigenvalue weighted by atomic mass is 32.1. The van der Waals surface area contributed by atoms with Gasteiger partial charge in [0, 0.05) is 23.2 Å². The summed E-state index contributed by atoms with van der Waals surface area (Å²) in [6.07, 6.45) is 5.44. The smallest absolute Gasteiger partial charge is 0.0812 e. The van der Waals surface area contributed by atoms with Gasteiger partial charge in [0.1, 0.15) is 0 Å². The molecule has 2 fully saturated rings. The van der Waals surface area contributed by atoms with Gasteiger partial charge in [0.05, 0.1) is 21.8 Å². The maximum atomic E-state index is 7.96. The van der Waals surface area contributed by atoms with E-state index in [1.807, 2.05) is 11.6 Å². The molecule has 0 spiro atoms. The molecule has 0 radical (unpaired) electrons. The summed E-state index contributed by atoms with van der Waals surface area (Å²) >= 11 is 1.71. The van der Waals surface area contributed by atoms with Gasteiger partial charge in [0.25, 0.3) is 0 Å². The Morgan fingerprint density at radius 2 is 2.07 bits per heavy atom. The Morgan fingerprint density at radius 1 is 1.19 bits per heavy atom. The molecule has 1 aliphatic heterocycles. The Kier molecular flexibility index (Phi) is 3.21. The third-order valence-corrected chi connectivity index (χ3v) is 7.98. The van der Waals surface area contributed by atoms with Crippen LogP contribution in [-0.4, -0.2) is 11.2 Å². The number of nitrogens with two attached hydrogens (primary N) is 1. The van der Waals surface area contributed by atoms with Crippen LogP contribution in [0.5, 0.6) is 0 Å². The predicted octanol–water partition coefficient (Wildman–Crippen LogP) is 5.17. The summed E-state index contributed by atoms with van der Waals surface area (Å²) in [5, 5.41) is 11.8. The van der Waals surface area contributed by atoms with E-state index in [0.29, 0.717) is 17.9 Å². The Hall–Kier alpha value is -2.40. The lowest BCUT2D eigenvalue weighted by molar-refractivity contribution is 0.247. The van der Waals surface area contributed by atoms with Gasteiger partial charge in [-0.2, -0.15) is 0 Å².